The molecule has 4 nitrogen and oxygen atoms in total. The quantitative estimate of drug-likeness (QED) is 0.413. The fraction of sp³-hybridized carbons (Fsp3) is 1.00. The Bertz CT molecular complexity index is 126. The summed E-state index contributed by atoms with van der Waals surface area (Å²) in [7, 11) is 0. The summed E-state index contributed by atoms with van der Waals surface area (Å²) in [6, 6.07) is -0.110. The molecular weight excluding hydrogens is 154 g/mol. The summed E-state index contributed by atoms with van der Waals surface area (Å²) in [5.74, 6) is 0.748. The lowest BCUT2D eigenvalue weighted by atomic mass is 9.76. The highest BCUT2D eigenvalue weighted by atomic mass is 16.3. The van der Waals surface area contributed by atoms with E-state index in [4.69, 9.17) is 17.2 Å². The van der Waals surface area contributed by atoms with Gasteiger partial charge in [0.25, 0.3) is 0 Å². The number of hydrogen-bond acceptors (Lipinski definition) is 4. The van der Waals surface area contributed by atoms with Crippen molar-refractivity contribution < 1.29 is 5.11 Å². The highest BCUT2D eigenvalue weighted by molar-refractivity contribution is 4.88. The van der Waals surface area contributed by atoms with Crippen LogP contribution in [0.25, 0.3) is 0 Å². The minimum Gasteiger partial charge on any atom is -0.392 e. The van der Waals surface area contributed by atoms with E-state index in [1.165, 1.54) is 0 Å². The molecule has 1 rings (SSSR count). The molecule has 1 fully saturated rings. The molecule has 0 aliphatic heterocycles. The predicted octanol–water partition coefficient (Wildman–Crippen LogP) is -1.38. The lowest BCUT2D eigenvalue weighted by Crippen LogP contribution is -2.48. The Morgan fingerprint density at radius 1 is 1.08 bits per heavy atom. The summed E-state index contributed by atoms with van der Waals surface area (Å²) >= 11 is 0. The average Bonchev–Trinajstić information content (AvgIpc) is 2.09. The maximum absolute atomic E-state index is 9.47. The molecule has 7 N–H and O–H groups in total. The average molecular weight is 173 g/mol. The zero-order chi connectivity index (χ0) is 9.14. The molecule has 0 bridgehead atoms. The SMILES string of the molecule is NCC1C[C@@H](O)C(N)C[C@H]1CN. The normalized spacial score (nSPS) is 43.0. The fourth-order valence-electron chi connectivity index (χ4n) is 1.95. The fourth-order valence-corrected chi connectivity index (χ4v) is 1.95. The molecule has 4 atom stereocenters. The van der Waals surface area contributed by atoms with E-state index in [-0.39, 0.29) is 12.1 Å². The third kappa shape index (κ3) is 1.95. The van der Waals surface area contributed by atoms with Gasteiger partial charge in [0.05, 0.1) is 6.10 Å². The molecule has 0 aromatic heterocycles. The number of hydrogen-bond donors (Lipinski definition) is 4. The van der Waals surface area contributed by atoms with Crippen molar-refractivity contribution in [1.82, 2.24) is 0 Å². The predicted molar refractivity (Wildman–Crippen MR) is 48.3 cm³/mol. The van der Waals surface area contributed by atoms with Crippen LogP contribution in [0.4, 0.5) is 0 Å². The maximum atomic E-state index is 9.47. The lowest BCUT2D eigenvalue weighted by Gasteiger charge is -2.36. The first-order valence-electron chi connectivity index (χ1n) is 4.52. The summed E-state index contributed by atoms with van der Waals surface area (Å²) in [4.78, 5) is 0. The van der Waals surface area contributed by atoms with Gasteiger partial charge in [-0.3, -0.25) is 0 Å². The minimum atomic E-state index is -0.388. The Hall–Kier alpha value is -0.160. The first-order chi connectivity index (χ1) is 5.69. The van der Waals surface area contributed by atoms with Crippen LogP contribution in [-0.4, -0.2) is 30.3 Å². The van der Waals surface area contributed by atoms with Crippen LogP contribution < -0.4 is 17.2 Å². The molecule has 2 unspecified atom stereocenters. The molecule has 0 aromatic rings. The Balaban J connectivity index is 2.52. The molecule has 1 aliphatic rings. The van der Waals surface area contributed by atoms with Crippen molar-refractivity contribution in [3.63, 3.8) is 0 Å². The van der Waals surface area contributed by atoms with E-state index in [0.29, 0.717) is 31.3 Å². The van der Waals surface area contributed by atoms with Gasteiger partial charge in [-0.05, 0) is 37.8 Å². The third-order valence-corrected chi connectivity index (χ3v) is 2.89. The van der Waals surface area contributed by atoms with Gasteiger partial charge < -0.3 is 22.3 Å². The number of aliphatic hydroxyl groups excluding tert-OH is 1. The van der Waals surface area contributed by atoms with Crippen molar-refractivity contribution in [2.24, 2.45) is 29.0 Å². The van der Waals surface area contributed by atoms with Crippen LogP contribution in [0.3, 0.4) is 0 Å². The Morgan fingerprint density at radius 3 is 2.08 bits per heavy atom. The molecule has 0 radical (unpaired) electrons. The Labute approximate surface area is 73.1 Å². The molecule has 0 saturated heterocycles. The molecule has 72 valence electrons. The zero-order valence-corrected chi connectivity index (χ0v) is 7.32. The van der Waals surface area contributed by atoms with Crippen LogP contribution in [0.15, 0.2) is 0 Å². The van der Waals surface area contributed by atoms with E-state index < -0.39 is 0 Å². The van der Waals surface area contributed by atoms with Crippen LogP contribution >= 0.6 is 0 Å². The van der Waals surface area contributed by atoms with Gasteiger partial charge in [-0.2, -0.15) is 0 Å². The van der Waals surface area contributed by atoms with Crippen LogP contribution in [0.2, 0.25) is 0 Å². The summed E-state index contributed by atoms with van der Waals surface area (Å²) < 4.78 is 0. The topological polar surface area (TPSA) is 98.3 Å². The second-order valence-corrected chi connectivity index (χ2v) is 3.69. The monoisotopic (exact) mass is 173 g/mol. The summed E-state index contributed by atoms with van der Waals surface area (Å²) in [5, 5.41) is 9.47. The van der Waals surface area contributed by atoms with Crippen molar-refractivity contribution in [2.75, 3.05) is 13.1 Å². The van der Waals surface area contributed by atoms with Gasteiger partial charge >= 0.3 is 0 Å². The summed E-state index contributed by atoms with van der Waals surface area (Å²) in [6.07, 6.45) is 1.13. The van der Waals surface area contributed by atoms with Crippen LogP contribution in [0.5, 0.6) is 0 Å². The van der Waals surface area contributed by atoms with Crippen LogP contribution in [0.1, 0.15) is 12.8 Å². The largest absolute Gasteiger partial charge is 0.392 e. The first-order valence-corrected chi connectivity index (χ1v) is 4.52. The van der Waals surface area contributed by atoms with Crippen molar-refractivity contribution in [2.45, 2.75) is 25.0 Å². The van der Waals surface area contributed by atoms with E-state index in [9.17, 15) is 5.11 Å². The summed E-state index contributed by atoms with van der Waals surface area (Å²) in [5.41, 5.74) is 16.9. The first kappa shape index (κ1) is 9.92. The van der Waals surface area contributed by atoms with Crippen LogP contribution in [0, 0.1) is 11.8 Å². The van der Waals surface area contributed by atoms with Gasteiger partial charge in [-0.15, -0.1) is 0 Å². The van der Waals surface area contributed by atoms with E-state index in [1.54, 1.807) is 0 Å². The smallest absolute Gasteiger partial charge is 0.0694 e. The van der Waals surface area contributed by atoms with Gasteiger partial charge in [0.1, 0.15) is 0 Å². The number of nitrogens with two attached hydrogens (primary N) is 3. The molecule has 0 amide bonds. The molecule has 0 heterocycles. The molecular formula is C8H19N3O. The molecule has 1 saturated carbocycles. The van der Waals surface area contributed by atoms with Crippen molar-refractivity contribution in [3.8, 4) is 0 Å². The molecule has 4 heteroatoms. The van der Waals surface area contributed by atoms with Gasteiger partial charge in [-0.1, -0.05) is 0 Å². The van der Waals surface area contributed by atoms with E-state index in [0.717, 1.165) is 6.42 Å². The second kappa shape index (κ2) is 4.18. The van der Waals surface area contributed by atoms with Crippen molar-refractivity contribution >= 4 is 0 Å². The van der Waals surface area contributed by atoms with E-state index in [1.807, 2.05) is 0 Å². The maximum Gasteiger partial charge on any atom is 0.0694 e. The highest BCUT2D eigenvalue weighted by Gasteiger charge is 2.32. The van der Waals surface area contributed by atoms with Crippen molar-refractivity contribution in [3.05, 3.63) is 0 Å². The number of rotatable bonds is 2. The zero-order valence-electron chi connectivity index (χ0n) is 7.32. The second-order valence-electron chi connectivity index (χ2n) is 3.69. The number of aliphatic hydroxyl groups is 1. The Morgan fingerprint density at radius 2 is 1.58 bits per heavy atom. The summed E-state index contributed by atoms with van der Waals surface area (Å²) in [6.45, 7) is 1.23. The Kier molecular flexibility index (Phi) is 3.46. The molecule has 0 spiro atoms. The van der Waals surface area contributed by atoms with Crippen molar-refractivity contribution in [1.29, 1.82) is 0 Å². The minimum absolute atomic E-state index is 0.110. The van der Waals surface area contributed by atoms with E-state index >= 15 is 0 Å². The van der Waals surface area contributed by atoms with Gasteiger partial charge in [0.15, 0.2) is 0 Å². The molecule has 1 aliphatic carbocycles. The highest BCUT2D eigenvalue weighted by Crippen LogP contribution is 2.28. The van der Waals surface area contributed by atoms with Gasteiger partial charge in [-0.25, -0.2) is 0 Å². The van der Waals surface area contributed by atoms with Gasteiger partial charge in [0.2, 0.25) is 0 Å². The molecule has 0 aromatic carbocycles. The third-order valence-electron chi connectivity index (χ3n) is 2.89. The van der Waals surface area contributed by atoms with E-state index in [2.05, 4.69) is 0 Å². The lowest BCUT2D eigenvalue weighted by molar-refractivity contribution is 0.0546. The molecule has 12 heavy (non-hydrogen) atoms. The van der Waals surface area contributed by atoms with Gasteiger partial charge in [0, 0.05) is 6.04 Å². The standard InChI is InChI=1S/C8H19N3O/c9-3-5-1-7(11)8(12)2-6(5)4-10/h5-8,12H,1-4,9-11H2/t5-,6?,7?,8+/m0/s1. The van der Waals surface area contributed by atoms with Crippen LogP contribution in [-0.2, 0) is 0 Å².